The fourth-order valence-corrected chi connectivity index (χ4v) is 3.69. The molecule has 2 rings (SSSR count). The highest BCUT2D eigenvalue weighted by Gasteiger charge is 2.35. The van der Waals surface area contributed by atoms with Crippen molar-refractivity contribution in [3.8, 4) is 11.5 Å². The smallest absolute Gasteiger partial charge is 0.266 e. The van der Waals surface area contributed by atoms with Crippen molar-refractivity contribution in [2.24, 2.45) is 4.99 Å². The van der Waals surface area contributed by atoms with Crippen LogP contribution in [-0.2, 0) is 4.79 Å². The fraction of sp³-hybridized carbons (Fsp3) is 0.412. The number of ether oxygens (including phenoxy) is 1. The van der Waals surface area contributed by atoms with Gasteiger partial charge in [0.15, 0.2) is 16.7 Å². The van der Waals surface area contributed by atoms with Crippen molar-refractivity contribution in [1.29, 1.82) is 0 Å². The number of hydrogen-bond acceptors (Lipinski definition) is 5. The van der Waals surface area contributed by atoms with Crippen LogP contribution in [0, 0.1) is 0 Å². The van der Waals surface area contributed by atoms with Crippen LogP contribution in [-0.4, -0.2) is 40.3 Å². The van der Waals surface area contributed by atoms with Gasteiger partial charge >= 0.3 is 0 Å². The lowest BCUT2D eigenvalue weighted by atomic mass is 10.1. The van der Waals surface area contributed by atoms with E-state index < -0.39 is 0 Å². The first kappa shape index (κ1) is 18.7. The first-order valence-electron chi connectivity index (χ1n) is 7.62. The van der Waals surface area contributed by atoms with Crippen molar-refractivity contribution >= 4 is 40.5 Å². The third-order valence-electron chi connectivity index (χ3n) is 3.30. The summed E-state index contributed by atoms with van der Waals surface area (Å²) in [6.07, 6.45) is 1.62. The summed E-state index contributed by atoms with van der Waals surface area (Å²) in [5.74, 6) is 0.0856. The number of phenolic OH excluding ortho intramolecular Hbond substituents is 1. The SMILES string of the molecule is COc1cc(Cl)cc(C=C2SC(=NC(C)C)N(C(C)C)C2=O)c1O. The second-order valence-electron chi connectivity index (χ2n) is 5.93. The quantitative estimate of drug-likeness (QED) is 0.811. The molecule has 1 amide bonds. The minimum atomic E-state index is -0.132. The number of hydrogen-bond donors (Lipinski definition) is 1. The number of methoxy groups -OCH3 is 1. The topological polar surface area (TPSA) is 62.1 Å². The van der Waals surface area contributed by atoms with E-state index in [2.05, 4.69) is 4.99 Å². The van der Waals surface area contributed by atoms with Crippen molar-refractivity contribution < 1.29 is 14.6 Å². The number of amidine groups is 1. The summed E-state index contributed by atoms with van der Waals surface area (Å²) >= 11 is 7.35. The number of phenols is 1. The largest absolute Gasteiger partial charge is 0.504 e. The molecule has 1 aliphatic heterocycles. The standard InChI is InChI=1S/C17H21ClN2O3S/c1-9(2)19-17-20(10(3)4)16(22)14(24-17)7-11-6-12(18)8-13(23-5)15(11)21/h6-10,21H,1-5H3. The molecule has 1 saturated heterocycles. The zero-order valence-electron chi connectivity index (χ0n) is 14.3. The molecule has 0 aliphatic carbocycles. The Labute approximate surface area is 151 Å². The Hall–Kier alpha value is -1.66. The van der Waals surface area contributed by atoms with Gasteiger partial charge in [0.05, 0.1) is 12.0 Å². The molecule has 24 heavy (non-hydrogen) atoms. The van der Waals surface area contributed by atoms with Gasteiger partial charge in [0.25, 0.3) is 5.91 Å². The molecular formula is C17H21ClN2O3S. The number of carbonyl (C=O) groups is 1. The normalized spacial score (nSPS) is 18.5. The van der Waals surface area contributed by atoms with Crippen molar-refractivity contribution in [2.75, 3.05) is 7.11 Å². The highest BCUT2D eigenvalue weighted by molar-refractivity contribution is 8.18. The lowest BCUT2D eigenvalue weighted by Crippen LogP contribution is -2.35. The van der Waals surface area contributed by atoms with Crippen LogP contribution in [0.2, 0.25) is 5.02 Å². The molecule has 0 aromatic heterocycles. The van der Waals surface area contributed by atoms with E-state index in [1.165, 1.54) is 24.9 Å². The number of thioether (sulfide) groups is 1. The van der Waals surface area contributed by atoms with Gasteiger partial charge in [-0.2, -0.15) is 0 Å². The van der Waals surface area contributed by atoms with Crippen molar-refractivity contribution in [1.82, 2.24) is 4.90 Å². The van der Waals surface area contributed by atoms with Gasteiger partial charge in [-0.25, -0.2) is 0 Å². The van der Waals surface area contributed by atoms with Crippen LogP contribution in [0.1, 0.15) is 33.3 Å². The number of halogens is 1. The molecule has 130 valence electrons. The van der Waals surface area contributed by atoms with E-state index in [9.17, 15) is 9.90 Å². The summed E-state index contributed by atoms with van der Waals surface area (Å²) in [7, 11) is 1.45. The van der Waals surface area contributed by atoms with E-state index in [0.29, 0.717) is 20.7 Å². The first-order chi connectivity index (χ1) is 11.2. The van der Waals surface area contributed by atoms with E-state index in [1.807, 2.05) is 27.7 Å². The number of carbonyl (C=O) groups excluding carboxylic acids is 1. The van der Waals surface area contributed by atoms with Crippen LogP contribution in [0.5, 0.6) is 11.5 Å². The maximum Gasteiger partial charge on any atom is 0.266 e. The van der Waals surface area contributed by atoms with Crippen LogP contribution in [0.3, 0.4) is 0 Å². The van der Waals surface area contributed by atoms with E-state index in [0.717, 1.165) is 0 Å². The second kappa shape index (κ2) is 7.49. The van der Waals surface area contributed by atoms with Crippen molar-refractivity contribution in [3.63, 3.8) is 0 Å². The molecule has 5 nitrogen and oxygen atoms in total. The van der Waals surface area contributed by atoms with Crippen LogP contribution in [0.15, 0.2) is 22.0 Å². The monoisotopic (exact) mass is 368 g/mol. The average molecular weight is 369 g/mol. The molecule has 1 aromatic rings. The van der Waals surface area contributed by atoms with Gasteiger partial charge < -0.3 is 9.84 Å². The summed E-state index contributed by atoms with van der Waals surface area (Å²) in [6, 6.07) is 3.20. The third kappa shape index (κ3) is 3.87. The summed E-state index contributed by atoms with van der Waals surface area (Å²) in [6.45, 7) is 7.81. The van der Waals surface area contributed by atoms with E-state index in [-0.39, 0.29) is 29.5 Å². The zero-order chi connectivity index (χ0) is 18.0. The molecule has 0 saturated carbocycles. The average Bonchev–Trinajstić information content (AvgIpc) is 2.77. The second-order valence-corrected chi connectivity index (χ2v) is 7.38. The Morgan fingerprint density at radius 1 is 1.33 bits per heavy atom. The Morgan fingerprint density at radius 2 is 2.00 bits per heavy atom. The van der Waals surface area contributed by atoms with Crippen molar-refractivity contribution in [3.05, 3.63) is 27.6 Å². The van der Waals surface area contributed by atoms with Crippen LogP contribution < -0.4 is 4.74 Å². The van der Waals surface area contributed by atoms with Crippen molar-refractivity contribution in [2.45, 2.75) is 39.8 Å². The number of amides is 1. The molecule has 1 fully saturated rings. The van der Waals surface area contributed by atoms with Crippen LogP contribution in [0.4, 0.5) is 0 Å². The van der Waals surface area contributed by atoms with Crippen LogP contribution >= 0.6 is 23.4 Å². The molecule has 1 heterocycles. The van der Waals surface area contributed by atoms with Crippen LogP contribution in [0.25, 0.3) is 6.08 Å². The molecule has 0 radical (unpaired) electrons. The third-order valence-corrected chi connectivity index (χ3v) is 4.51. The lowest BCUT2D eigenvalue weighted by Gasteiger charge is -2.20. The van der Waals surface area contributed by atoms with Gasteiger partial charge in [0, 0.05) is 28.7 Å². The maximum atomic E-state index is 12.7. The summed E-state index contributed by atoms with van der Waals surface area (Å²) < 4.78 is 5.10. The maximum absolute atomic E-state index is 12.7. The molecule has 7 heteroatoms. The van der Waals surface area contributed by atoms with Gasteiger partial charge in [-0.05, 0) is 51.6 Å². The highest BCUT2D eigenvalue weighted by Crippen LogP contribution is 2.39. The van der Waals surface area contributed by atoms with Gasteiger partial charge in [-0.1, -0.05) is 11.6 Å². The molecule has 0 unspecified atom stereocenters. The van der Waals surface area contributed by atoms with Gasteiger partial charge in [0.1, 0.15) is 0 Å². The number of aromatic hydroxyl groups is 1. The molecule has 1 N–H and O–H groups in total. The Kier molecular flexibility index (Phi) is 5.83. The zero-order valence-corrected chi connectivity index (χ0v) is 15.9. The molecule has 0 atom stereocenters. The lowest BCUT2D eigenvalue weighted by molar-refractivity contribution is -0.123. The molecule has 1 aromatic carbocycles. The van der Waals surface area contributed by atoms with E-state index >= 15 is 0 Å². The Morgan fingerprint density at radius 3 is 2.54 bits per heavy atom. The molecule has 0 spiro atoms. The minimum absolute atomic E-state index is 0.00380. The van der Waals surface area contributed by atoms with E-state index in [4.69, 9.17) is 16.3 Å². The number of aliphatic imine (C=N–C) groups is 1. The molecule has 0 bridgehead atoms. The fourth-order valence-electron chi connectivity index (χ4n) is 2.25. The summed E-state index contributed by atoms with van der Waals surface area (Å²) in [4.78, 5) is 19.4. The first-order valence-corrected chi connectivity index (χ1v) is 8.81. The number of nitrogens with zero attached hydrogens (tertiary/aromatic N) is 2. The minimum Gasteiger partial charge on any atom is -0.504 e. The predicted molar refractivity (Wildman–Crippen MR) is 99.8 cm³/mol. The van der Waals surface area contributed by atoms with E-state index in [1.54, 1.807) is 17.0 Å². The molecule has 1 aliphatic rings. The number of rotatable bonds is 4. The highest BCUT2D eigenvalue weighted by atomic mass is 35.5. The summed E-state index contributed by atoms with van der Waals surface area (Å²) in [5, 5.41) is 11.3. The van der Waals surface area contributed by atoms with Gasteiger partial charge in [0.2, 0.25) is 0 Å². The Bertz CT molecular complexity index is 714. The predicted octanol–water partition coefficient (Wildman–Crippen LogP) is 4.14. The molecular weight excluding hydrogens is 348 g/mol. The Balaban J connectivity index is 2.48. The van der Waals surface area contributed by atoms with Gasteiger partial charge in [-0.15, -0.1) is 0 Å². The van der Waals surface area contributed by atoms with Gasteiger partial charge in [-0.3, -0.25) is 14.7 Å². The summed E-state index contributed by atoms with van der Waals surface area (Å²) in [5.41, 5.74) is 0.435. The number of benzene rings is 1.